The number of benzene rings is 1. The number of nitrogens with zero attached hydrogens (tertiary/aromatic N) is 1. The molecule has 2 aromatic rings. The maximum Gasteiger partial charge on any atom is 0.217 e. The van der Waals surface area contributed by atoms with Gasteiger partial charge in [0.1, 0.15) is 12.4 Å². The fraction of sp³-hybridized carbons (Fsp3) is 0.577. The first-order valence-corrected chi connectivity index (χ1v) is 11.5. The number of unbranched alkanes of at least 4 members (excludes halogenated alkanes) is 6. The minimum absolute atomic E-state index is 0.526. The number of rotatable bonds is 12. The Morgan fingerprint density at radius 1 is 0.793 bits per heavy atom. The number of hydrogen-bond acceptors (Lipinski definition) is 3. The van der Waals surface area contributed by atoms with Gasteiger partial charge in [-0.3, -0.25) is 0 Å². The SMILES string of the molecule is CC.CC.CCCCCCCCCc1cc(OC)cc(OCc2ccccc2)n1. The fourth-order valence-electron chi connectivity index (χ4n) is 2.85. The first-order chi connectivity index (χ1) is 14.3. The molecule has 3 heteroatoms. The van der Waals surface area contributed by atoms with E-state index in [1.807, 2.05) is 58.0 Å². The standard InChI is InChI=1S/C22H31NO2.2C2H6/c1-3-4-5-6-7-8-12-15-20-16-21(24-2)17-22(23-20)25-18-19-13-10-9-11-14-19;2*1-2/h9-11,13-14,16-17H,3-8,12,15,18H2,1-2H3;2*1-2H3. The molecular weight excluding hydrogens is 358 g/mol. The molecule has 0 amide bonds. The number of aromatic nitrogens is 1. The Labute approximate surface area is 179 Å². The van der Waals surface area contributed by atoms with Gasteiger partial charge in [-0.15, -0.1) is 0 Å². The maximum atomic E-state index is 5.86. The van der Waals surface area contributed by atoms with Gasteiger partial charge >= 0.3 is 0 Å². The van der Waals surface area contributed by atoms with Crippen LogP contribution in [0, 0.1) is 0 Å². The lowest BCUT2D eigenvalue weighted by Crippen LogP contribution is -2.00. The number of methoxy groups -OCH3 is 1. The second-order valence-electron chi connectivity index (χ2n) is 6.48. The van der Waals surface area contributed by atoms with E-state index in [1.54, 1.807) is 7.11 Å². The van der Waals surface area contributed by atoms with Crippen LogP contribution in [0.1, 0.15) is 90.8 Å². The number of aryl methyl sites for hydroxylation is 1. The quantitative estimate of drug-likeness (QED) is 0.337. The van der Waals surface area contributed by atoms with Crippen LogP contribution in [-0.4, -0.2) is 12.1 Å². The zero-order valence-corrected chi connectivity index (χ0v) is 19.7. The van der Waals surface area contributed by atoms with Crippen molar-refractivity contribution >= 4 is 0 Å². The highest BCUT2D eigenvalue weighted by Crippen LogP contribution is 2.21. The Hall–Kier alpha value is -2.03. The Balaban J connectivity index is 0.00000184. The summed E-state index contributed by atoms with van der Waals surface area (Å²) in [5, 5.41) is 0. The molecule has 0 spiro atoms. The molecule has 1 aromatic heterocycles. The van der Waals surface area contributed by atoms with Gasteiger partial charge in [-0.25, -0.2) is 4.98 Å². The normalized spacial score (nSPS) is 9.59. The van der Waals surface area contributed by atoms with Crippen LogP contribution in [0.5, 0.6) is 11.6 Å². The number of pyridine rings is 1. The Kier molecular flexibility index (Phi) is 17.9. The fourth-order valence-corrected chi connectivity index (χ4v) is 2.85. The van der Waals surface area contributed by atoms with Gasteiger partial charge in [0.05, 0.1) is 7.11 Å². The van der Waals surface area contributed by atoms with E-state index in [2.05, 4.69) is 24.0 Å². The summed E-state index contributed by atoms with van der Waals surface area (Å²) in [6.45, 7) is 10.8. The van der Waals surface area contributed by atoms with E-state index >= 15 is 0 Å². The van der Waals surface area contributed by atoms with E-state index in [9.17, 15) is 0 Å². The minimum Gasteiger partial charge on any atom is -0.496 e. The van der Waals surface area contributed by atoms with Gasteiger partial charge in [0.15, 0.2) is 0 Å². The minimum atomic E-state index is 0.526. The molecule has 164 valence electrons. The molecule has 29 heavy (non-hydrogen) atoms. The van der Waals surface area contributed by atoms with E-state index in [-0.39, 0.29) is 0 Å². The lowest BCUT2D eigenvalue weighted by atomic mass is 10.1. The molecule has 0 saturated carbocycles. The molecule has 3 nitrogen and oxygen atoms in total. The van der Waals surface area contributed by atoms with Crippen molar-refractivity contribution in [3.63, 3.8) is 0 Å². The number of hydrogen-bond donors (Lipinski definition) is 0. The Bertz CT molecular complexity index is 599. The van der Waals surface area contributed by atoms with Crippen LogP contribution in [0.4, 0.5) is 0 Å². The molecule has 0 aliphatic carbocycles. The molecule has 1 aromatic carbocycles. The van der Waals surface area contributed by atoms with Crippen LogP contribution in [0.25, 0.3) is 0 Å². The monoisotopic (exact) mass is 401 g/mol. The highest BCUT2D eigenvalue weighted by Gasteiger charge is 2.05. The molecule has 0 N–H and O–H groups in total. The van der Waals surface area contributed by atoms with Crippen LogP contribution in [0.15, 0.2) is 42.5 Å². The van der Waals surface area contributed by atoms with Crippen LogP contribution in [0.3, 0.4) is 0 Å². The lowest BCUT2D eigenvalue weighted by Gasteiger charge is -2.10. The van der Waals surface area contributed by atoms with Crippen molar-refractivity contribution in [2.24, 2.45) is 0 Å². The van der Waals surface area contributed by atoms with E-state index in [0.717, 1.165) is 23.4 Å². The zero-order chi connectivity index (χ0) is 21.7. The second kappa shape index (κ2) is 19.3. The van der Waals surface area contributed by atoms with Crippen molar-refractivity contribution in [1.82, 2.24) is 4.98 Å². The summed E-state index contributed by atoms with van der Waals surface area (Å²) in [5.74, 6) is 1.46. The number of ether oxygens (including phenoxy) is 2. The molecule has 0 saturated heterocycles. The van der Waals surface area contributed by atoms with E-state index in [4.69, 9.17) is 9.47 Å². The highest BCUT2D eigenvalue weighted by atomic mass is 16.5. The third-order valence-electron chi connectivity index (χ3n) is 4.33. The first kappa shape index (κ1) is 27.0. The van der Waals surface area contributed by atoms with Gasteiger partial charge in [0.25, 0.3) is 0 Å². The summed E-state index contributed by atoms with van der Waals surface area (Å²) in [5.41, 5.74) is 2.19. The average Bonchev–Trinajstić information content (AvgIpc) is 2.80. The smallest absolute Gasteiger partial charge is 0.217 e. The maximum absolute atomic E-state index is 5.86. The lowest BCUT2D eigenvalue weighted by molar-refractivity contribution is 0.290. The molecule has 0 atom stereocenters. The molecule has 0 aliphatic rings. The summed E-state index contributed by atoms with van der Waals surface area (Å²) >= 11 is 0. The largest absolute Gasteiger partial charge is 0.496 e. The van der Waals surface area contributed by atoms with Crippen molar-refractivity contribution in [2.45, 2.75) is 92.6 Å². The van der Waals surface area contributed by atoms with Crippen LogP contribution < -0.4 is 9.47 Å². The molecular formula is C26H43NO2. The third kappa shape index (κ3) is 12.9. The second-order valence-corrected chi connectivity index (χ2v) is 6.48. The topological polar surface area (TPSA) is 31.4 Å². The van der Waals surface area contributed by atoms with Gasteiger partial charge in [-0.1, -0.05) is 103 Å². The predicted octanol–water partition coefficient (Wildman–Crippen LogP) is 8.01. The zero-order valence-electron chi connectivity index (χ0n) is 19.7. The van der Waals surface area contributed by atoms with Gasteiger partial charge in [0, 0.05) is 17.8 Å². The van der Waals surface area contributed by atoms with Crippen molar-refractivity contribution in [2.75, 3.05) is 7.11 Å². The summed E-state index contributed by atoms with van der Waals surface area (Å²) in [6, 6.07) is 14.0. The molecule has 2 rings (SSSR count). The molecule has 0 unspecified atom stereocenters. The van der Waals surface area contributed by atoms with E-state index < -0.39 is 0 Å². The van der Waals surface area contributed by atoms with Gasteiger partial charge < -0.3 is 9.47 Å². The van der Waals surface area contributed by atoms with Crippen molar-refractivity contribution in [1.29, 1.82) is 0 Å². The van der Waals surface area contributed by atoms with Crippen LogP contribution in [0.2, 0.25) is 0 Å². The Morgan fingerprint density at radius 2 is 1.41 bits per heavy atom. The van der Waals surface area contributed by atoms with Gasteiger partial charge in [-0.05, 0) is 18.4 Å². The average molecular weight is 402 g/mol. The molecule has 0 fully saturated rings. The van der Waals surface area contributed by atoms with Crippen molar-refractivity contribution in [3.8, 4) is 11.6 Å². The van der Waals surface area contributed by atoms with Crippen molar-refractivity contribution in [3.05, 3.63) is 53.7 Å². The van der Waals surface area contributed by atoms with E-state index in [1.165, 1.54) is 44.9 Å². The summed E-state index contributed by atoms with van der Waals surface area (Å²) in [6.07, 6.45) is 10.1. The first-order valence-electron chi connectivity index (χ1n) is 11.5. The molecule has 0 radical (unpaired) electrons. The van der Waals surface area contributed by atoms with E-state index in [0.29, 0.717) is 12.5 Å². The van der Waals surface area contributed by atoms with Gasteiger partial charge in [-0.2, -0.15) is 0 Å². The Morgan fingerprint density at radius 3 is 2.03 bits per heavy atom. The third-order valence-corrected chi connectivity index (χ3v) is 4.33. The predicted molar refractivity (Wildman–Crippen MR) is 126 cm³/mol. The van der Waals surface area contributed by atoms with Gasteiger partial charge in [0.2, 0.25) is 5.88 Å². The summed E-state index contributed by atoms with van der Waals surface area (Å²) in [7, 11) is 1.69. The molecule has 0 aliphatic heterocycles. The summed E-state index contributed by atoms with van der Waals surface area (Å²) in [4.78, 5) is 4.64. The summed E-state index contributed by atoms with van der Waals surface area (Å²) < 4.78 is 11.3. The van der Waals surface area contributed by atoms with Crippen LogP contribution in [-0.2, 0) is 13.0 Å². The highest BCUT2D eigenvalue weighted by molar-refractivity contribution is 5.30. The van der Waals surface area contributed by atoms with Crippen molar-refractivity contribution < 1.29 is 9.47 Å². The molecule has 0 bridgehead atoms. The van der Waals surface area contributed by atoms with Crippen LogP contribution >= 0.6 is 0 Å². The molecule has 1 heterocycles.